The Kier molecular flexibility index (Phi) is 5.04. The minimum atomic E-state index is 0.295. The van der Waals surface area contributed by atoms with Gasteiger partial charge in [0.15, 0.2) is 0 Å². The highest BCUT2D eigenvalue weighted by atomic mass is 15.1. The van der Waals surface area contributed by atoms with Crippen LogP contribution in [0.3, 0.4) is 0 Å². The molecule has 1 aromatic carbocycles. The quantitative estimate of drug-likeness (QED) is 0.777. The standard InChI is InChI=1S/C14H17N3/c1-3-9-17(4-2)14-6-5-12(7-8-15)13(10-14)11-16/h5-6,10H,3-4,7,9H2,1-2H3. The van der Waals surface area contributed by atoms with Crippen LogP contribution >= 0.6 is 0 Å². The molecule has 3 heteroatoms. The SMILES string of the molecule is CCCN(CC)c1ccc(CC#N)c(C#N)c1. The summed E-state index contributed by atoms with van der Waals surface area (Å²) in [5.74, 6) is 0. The average Bonchev–Trinajstić information content (AvgIpc) is 2.37. The van der Waals surface area contributed by atoms with E-state index in [9.17, 15) is 0 Å². The molecule has 3 nitrogen and oxygen atoms in total. The Morgan fingerprint density at radius 3 is 2.53 bits per heavy atom. The van der Waals surface area contributed by atoms with Crippen LogP contribution < -0.4 is 4.90 Å². The van der Waals surface area contributed by atoms with E-state index in [0.717, 1.165) is 30.8 Å². The molecule has 0 fully saturated rings. The molecule has 0 saturated heterocycles. The van der Waals surface area contributed by atoms with E-state index < -0.39 is 0 Å². The van der Waals surface area contributed by atoms with Crippen molar-refractivity contribution in [3.63, 3.8) is 0 Å². The lowest BCUT2D eigenvalue weighted by Gasteiger charge is -2.22. The van der Waals surface area contributed by atoms with Crippen molar-refractivity contribution in [3.8, 4) is 12.1 Å². The van der Waals surface area contributed by atoms with E-state index in [1.165, 1.54) is 0 Å². The lowest BCUT2D eigenvalue weighted by atomic mass is 10.0. The van der Waals surface area contributed by atoms with Gasteiger partial charge in [-0.25, -0.2) is 0 Å². The predicted molar refractivity (Wildman–Crippen MR) is 68.7 cm³/mol. The molecular weight excluding hydrogens is 210 g/mol. The smallest absolute Gasteiger partial charge is 0.0995 e. The molecule has 0 heterocycles. The fourth-order valence-corrected chi connectivity index (χ4v) is 1.84. The van der Waals surface area contributed by atoms with E-state index in [-0.39, 0.29) is 0 Å². The molecule has 0 saturated carbocycles. The second kappa shape index (κ2) is 6.55. The number of hydrogen-bond acceptors (Lipinski definition) is 3. The summed E-state index contributed by atoms with van der Waals surface area (Å²) in [4.78, 5) is 2.23. The number of nitrogens with zero attached hydrogens (tertiary/aromatic N) is 3. The van der Waals surface area contributed by atoms with E-state index in [0.29, 0.717) is 12.0 Å². The Hall–Kier alpha value is -2.00. The fraction of sp³-hybridized carbons (Fsp3) is 0.429. The second-order valence-corrected chi connectivity index (χ2v) is 3.87. The van der Waals surface area contributed by atoms with Crippen molar-refractivity contribution >= 4 is 5.69 Å². The highest BCUT2D eigenvalue weighted by molar-refractivity contribution is 5.55. The molecule has 0 unspecified atom stereocenters. The normalized spacial score (nSPS) is 9.41. The lowest BCUT2D eigenvalue weighted by Crippen LogP contribution is -2.23. The molecule has 0 aliphatic rings. The molecule has 0 radical (unpaired) electrons. The van der Waals surface area contributed by atoms with Gasteiger partial charge in [-0.15, -0.1) is 0 Å². The van der Waals surface area contributed by atoms with Crippen LogP contribution in [-0.4, -0.2) is 13.1 Å². The van der Waals surface area contributed by atoms with Crippen LogP contribution in [0.5, 0.6) is 0 Å². The summed E-state index contributed by atoms with van der Waals surface area (Å²) in [6.45, 7) is 6.15. The zero-order valence-corrected chi connectivity index (χ0v) is 10.4. The van der Waals surface area contributed by atoms with Crippen molar-refractivity contribution < 1.29 is 0 Å². The first-order chi connectivity index (χ1) is 8.26. The summed E-state index contributed by atoms with van der Waals surface area (Å²) in [7, 11) is 0. The second-order valence-electron chi connectivity index (χ2n) is 3.87. The largest absolute Gasteiger partial charge is 0.372 e. The van der Waals surface area contributed by atoms with Crippen molar-refractivity contribution in [2.75, 3.05) is 18.0 Å². The molecule has 1 rings (SSSR count). The Morgan fingerprint density at radius 1 is 1.24 bits per heavy atom. The average molecular weight is 227 g/mol. The summed E-state index contributed by atoms with van der Waals surface area (Å²) in [6, 6.07) is 10.0. The van der Waals surface area contributed by atoms with Crippen molar-refractivity contribution in [2.45, 2.75) is 26.7 Å². The van der Waals surface area contributed by atoms with Gasteiger partial charge in [0.2, 0.25) is 0 Å². The van der Waals surface area contributed by atoms with E-state index in [1.54, 1.807) is 0 Å². The predicted octanol–water partition coefficient (Wildman–Crippen LogP) is 2.86. The van der Waals surface area contributed by atoms with E-state index in [2.05, 4.69) is 30.9 Å². The summed E-state index contributed by atoms with van der Waals surface area (Å²) in [5, 5.41) is 17.8. The van der Waals surface area contributed by atoms with E-state index in [4.69, 9.17) is 10.5 Å². The van der Waals surface area contributed by atoms with E-state index >= 15 is 0 Å². The summed E-state index contributed by atoms with van der Waals surface area (Å²) in [5.41, 5.74) is 2.48. The minimum Gasteiger partial charge on any atom is -0.372 e. The first kappa shape index (κ1) is 13.1. The van der Waals surface area contributed by atoms with Crippen LogP contribution in [0.25, 0.3) is 0 Å². The number of nitriles is 2. The maximum atomic E-state index is 9.08. The van der Waals surface area contributed by atoms with Gasteiger partial charge >= 0.3 is 0 Å². The fourth-order valence-electron chi connectivity index (χ4n) is 1.84. The van der Waals surface area contributed by atoms with Gasteiger partial charge in [0.05, 0.1) is 24.1 Å². The van der Waals surface area contributed by atoms with Crippen LogP contribution in [0.15, 0.2) is 18.2 Å². The highest BCUT2D eigenvalue weighted by Crippen LogP contribution is 2.19. The van der Waals surface area contributed by atoms with Gasteiger partial charge < -0.3 is 4.90 Å². The number of hydrogen-bond donors (Lipinski definition) is 0. The third kappa shape index (κ3) is 3.23. The molecule has 0 aromatic heterocycles. The van der Waals surface area contributed by atoms with Gasteiger partial charge in [-0.2, -0.15) is 10.5 Å². The molecule has 0 aliphatic carbocycles. The van der Waals surface area contributed by atoms with Gasteiger partial charge in [-0.05, 0) is 31.0 Å². The highest BCUT2D eigenvalue weighted by Gasteiger charge is 2.07. The summed E-state index contributed by atoms with van der Waals surface area (Å²) < 4.78 is 0. The minimum absolute atomic E-state index is 0.295. The third-order valence-electron chi connectivity index (χ3n) is 2.72. The molecule has 0 aliphatic heterocycles. The van der Waals surface area contributed by atoms with Gasteiger partial charge in [-0.1, -0.05) is 13.0 Å². The van der Waals surface area contributed by atoms with Gasteiger partial charge in [-0.3, -0.25) is 0 Å². The lowest BCUT2D eigenvalue weighted by molar-refractivity contribution is 0.791. The Morgan fingerprint density at radius 2 is 2.00 bits per heavy atom. The van der Waals surface area contributed by atoms with Crippen LogP contribution in [0, 0.1) is 22.7 Å². The monoisotopic (exact) mass is 227 g/mol. The maximum absolute atomic E-state index is 9.08. The maximum Gasteiger partial charge on any atom is 0.0995 e. The first-order valence-electron chi connectivity index (χ1n) is 5.91. The molecular formula is C14H17N3. The molecule has 88 valence electrons. The Labute approximate surface area is 103 Å². The van der Waals surface area contributed by atoms with E-state index in [1.807, 2.05) is 18.2 Å². The Balaban J connectivity index is 3.05. The Bertz CT molecular complexity index is 452. The van der Waals surface area contributed by atoms with Crippen molar-refractivity contribution in [1.82, 2.24) is 0 Å². The number of rotatable bonds is 5. The molecule has 0 amide bonds. The topological polar surface area (TPSA) is 50.8 Å². The van der Waals surface area contributed by atoms with Gasteiger partial charge in [0, 0.05) is 18.8 Å². The molecule has 0 bridgehead atoms. The van der Waals surface area contributed by atoms with Gasteiger partial charge in [0.1, 0.15) is 0 Å². The molecule has 0 spiro atoms. The van der Waals surface area contributed by atoms with Crippen molar-refractivity contribution in [1.29, 1.82) is 10.5 Å². The number of benzene rings is 1. The number of anilines is 1. The molecule has 1 aromatic rings. The van der Waals surface area contributed by atoms with Crippen molar-refractivity contribution in [3.05, 3.63) is 29.3 Å². The van der Waals surface area contributed by atoms with Crippen LogP contribution in [-0.2, 0) is 6.42 Å². The van der Waals surface area contributed by atoms with Crippen molar-refractivity contribution in [2.24, 2.45) is 0 Å². The van der Waals surface area contributed by atoms with Gasteiger partial charge in [0.25, 0.3) is 0 Å². The van der Waals surface area contributed by atoms with Crippen LogP contribution in [0.4, 0.5) is 5.69 Å². The zero-order valence-electron chi connectivity index (χ0n) is 10.4. The molecule has 0 N–H and O–H groups in total. The third-order valence-corrected chi connectivity index (χ3v) is 2.72. The summed E-state index contributed by atoms with van der Waals surface area (Å²) >= 11 is 0. The van der Waals surface area contributed by atoms with Crippen LogP contribution in [0.1, 0.15) is 31.4 Å². The first-order valence-corrected chi connectivity index (χ1v) is 5.91. The zero-order chi connectivity index (χ0) is 12.7. The molecule has 17 heavy (non-hydrogen) atoms. The van der Waals surface area contributed by atoms with Crippen LogP contribution in [0.2, 0.25) is 0 Å². The molecule has 0 atom stereocenters. The summed E-state index contributed by atoms with van der Waals surface area (Å²) in [6.07, 6.45) is 1.37.